The normalized spacial score (nSPS) is 12.5. The number of aryl methyl sites for hydroxylation is 2. The van der Waals surface area contributed by atoms with Gasteiger partial charge >= 0.3 is 0 Å². The monoisotopic (exact) mass is 583 g/mol. The highest BCUT2D eigenvalue weighted by Gasteiger charge is 2.34. The number of nitrogens with zero attached hydrogens (tertiary/aromatic N) is 2. The standard InChI is InChI=1S/C31H38ClN3O4S/c1-22-11-10-14-25(17-22)20-34(28(30(37)33-31(3,4)5)18-24-12-8-7-9-13-24)29(36)21-35(40(6,38)39)26-16-15-23(2)27(32)19-26/h7-17,19,28H,18,20-21H2,1-6H3,(H,33,37)/t28-/m1/s1. The Kier molecular flexibility index (Phi) is 10.0. The molecule has 0 saturated heterocycles. The molecule has 1 N–H and O–H groups in total. The number of rotatable bonds is 10. The SMILES string of the molecule is Cc1cccc(CN(C(=O)CN(c2ccc(C)c(Cl)c2)S(C)(=O)=O)[C@H](Cc2ccccc2)C(=O)NC(C)(C)C)c1. The lowest BCUT2D eigenvalue weighted by Crippen LogP contribution is -2.56. The molecule has 0 unspecified atom stereocenters. The van der Waals surface area contributed by atoms with Crippen LogP contribution < -0.4 is 9.62 Å². The van der Waals surface area contributed by atoms with Gasteiger partial charge in [0.1, 0.15) is 12.6 Å². The largest absolute Gasteiger partial charge is 0.350 e. The number of halogens is 1. The van der Waals surface area contributed by atoms with Crippen molar-refractivity contribution in [2.24, 2.45) is 0 Å². The van der Waals surface area contributed by atoms with Gasteiger partial charge in [-0.3, -0.25) is 13.9 Å². The van der Waals surface area contributed by atoms with Crippen molar-refractivity contribution in [3.05, 3.63) is 100 Å². The van der Waals surface area contributed by atoms with Crippen LogP contribution in [-0.4, -0.2) is 49.5 Å². The molecule has 0 fully saturated rings. The first kappa shape index (κ1) is 31.2. The van der Waals surface area contributed by atoms with Gasteiger partial charge in [-0.05, 0) is 63.4 Å². The maximum Gasteiger partial charge on any atom is 0.244 e. The number of hydrogen-bond acceptors (Lipinski definition) is 4. The fourth-order valence-corrected chi connectivity index (χ4v) is 5.38. The fraction of sp³-hybridized carbons (Fsp3) is 0.355. The van der Waals surface area contributed by atoms with Gasteiger partial charge in [-0.25, -0.2) is 8.42 Å². The Bertz CT molecular complexity index is 1450. The van der Waals surface area contributed by atoms with E-state index in [1.165, 1.54) is 11.0 Å². The first-order valence-corrected chi connectivity index (χ1v) is 15.3. The molecule has 3 aromatic carbocycles. The van der Waals surface area contributed by atoms with Crippen LogP contribution >= 0.6 is 11.6 Å². The van der Waals surface area contributed by atoms with Crippen LogP contribution in [0.4, 0.5) is 5.69 Å². The molecule has 0 aromatic heterocycles. The molecule has 1 atom stereocenters. The van der Waals surface area contributed by atoms with Crippen molar-refractivity contribution < 1.29 is 18.0 Å². The summed E-state index contributed by atoms with van der Waals surface area (Å²) in [6.45, 7) is 9.04. The minimum atomic E-state index is -3.86. The van der Waals surface area contributed by atoms with E-state index in [0.29, 0.717) is 5.02 Å². The van der Waals surface area contributed by atoms with Crippen molar-refractivity contribution in [3.63, 3.8) is 0 Å². The van der Waals surface area contributed by atoms with Crippen LogP contribution in [-0.2, 0) is 32.6 Å². The summed E-state index contributed by atoms with van der Waals surface area (Å²) in [4.78, 5) is 29.4. The van der Waals surface area contributed by atoms with E-state index in [4.69, 9.17) is 11.6 Å². The lowest BCUT2D eigenvalue weighted by Gasteiger charge is -2.35. The minimum absolute atomic E-state index is 0.127. The van der Waals surface area contributed by atoms with E-state index in [0.717, 1.165) is 32.8 Å². The van der Waals surface area contributed by atoms with Crippen LogP contribution in [0.5, 0.6) is 0 Å². The Morgan fingerprint density at radius 1 is 0.925 bits per heavy atom. The molecule has 0 spiro atoms. The van der Waals surface area contributed by atoms with Gasteiger partial charge in [0.2, 0.25) is 21.8 Å². The quantitative estimate of drug-likeness (QED) is 0.352. The molecule has 3 aromatic rings. The predicted molar refractivity (Wildman–Crippen MR) is 162 cm³/mol. The molecule has 0 aliphatic heterocycles. The number of carbonyl (C=O) groups excluding carboxylic acids is 2. The highest BCUT2D eigenvalue weighted by atomic mass is 35.5. The van der Waals surface area contributed by atoms with E-state index in [9.17, 15) is 18.0 Å². The summed E-state index contributed by atoms with van der Waals surface area (Å²) in [6, 6.07) is 21.1. The van der Waals surface area contributed by atoms with Gasteiger partial charge in [0.15, 0.2) is 0 Å². The molecule has 40 heavy (non-hydrogen) atoms. The Morgan fingerprint density at radius 3 is 2.15 bits per heavy atom. The Morgan fingerprint density at radius 2 is 1.57 bits per heavy atom. The van der Waals surface area contributed by atoms with E-state index in [-0.39, 0.29) is 24.6 Å². The highest BCUT2D eigenvalue weighted by molar-refractivity contribution is 7.92. The van der Waals surface area contributed by atoms with Gasteiger partial charge in [0.05, 0.1) is 11.9 Å². The third-order valence-electron chi connectivity index (χ3n) is 6.33. The zero-order valence-corrected chi connectivity index (χ0v) is 25.5. The molecule has 0 heterocycles. The van der Waals surface area contributed by atoms with Crippen molar-refractivity contribution in [1.29, 1.82) is 0 Å². The summed E-state index contributed by atoms with van der Waals surface area (Å²) in [6.07, 6.45) is 1.31. The topological polar surface area (TPSA) is 86.8 Å². The number of anilines is 1. The molecule has 0 bridgehead atoms. The van der Waals surface area contributed by atoms with Crippen molar-refractivity contribution in [1.82, 2.24) is 10.2 Å². The summed E-state index contributed by atoms with van der Waals surface area (Å²) in [5, 5.41) is 3.41. The number of sulfonamides is 1. The fourth-order valence-electron chi connectivity index (χ4n) is 4.36. The third kappa shape index (κ3) is 8.83. The van der Waals surface area contributed by atoms with Gasteiger partial charge in [-0.15, -0.1) is 0 Å². The summed E-state index contributed by atoms with van der Waals surface area (Å²) < 4.78 is 26.8. The summed E-state index contributed by atoms with van der Waals surface area (Å²) in [5.74, 6) is -0.824. The number of nitrogens with one attached hydrogen (secondary N) is 1. The number of carbonyl (C=O) groups is 2. The number of hydrogen-bond donors (Lipinski definition) is 1. The van der Waals surface area contributed by atoms with Gasteiger partial charge < -0.3 is 10.2 Å². The Labute approximate surface area is 243 Å². The third-order valence-corrected chi connectivity index (χ3v) is 7.88. The van der Waals surface area contributed by atoms with Crippen LogP contribution in [0.1, 0.15) is 43.0 Å². The lowest BCUT2D eigenvalue weighted by molar-refractivity contribution is -0.140. The summed E-state index contributed by atoms with van der Waals surface area (Å²) in [5.41, 5.74) is 3.24. The molecule has 0 saturated carbocycles. The van der Waals surface area contributed by atoms with Crippen LogP contribution in [0.25, 0.3) is 0 Å². The Balaban J connectivity index is 2.09. The second kappa shape index (κ2) is 12.9. The van der Waals surface area contributed by atoms with Crippen molar-refractivity contribution >= 4 is 39.1 Å². The van der Waals surface area contributed by atoms with Crippen LogP contribution in [0.2, 0.25) is 5.02 Å². The van der Waals surface area contributed by atoms with E-state index in [2.05, 4.69) is 5.32 Å². The second-order valence-electron chi connectivity index (χ2n) is 11.2. The van der Waals surface area contributed by atoms with Crippen molar-refractivity contribution in [2.75, 3.05) is 17.1 Å². The average molecular weight is 584 g/mol. The first-order valence-electron chi connectivity index (χ1n) is 13.1. The first-order chi connectivity index (χ1) is 18.6. The predicted octanol–water partition coefficient (Wildman–Crippen LogP) is 5.28. The molecule has 2 amide bonds. The molecule has 9 heteroatoms. The second-order valence-corrected chi connectivity index (χ2v) is 13.5. The molecular weight excluding hydrogens is 546 g/mol. The average Bonchev–Trinajstić information content (AvgIpc) is 2.85. The minimum Gasteiger partial charge on any atom is -0.350 e. The number of benzene rings is 3. The van der Waals surface area contributed by atoms with Gasteiger partial charge in [-0.1, -0.05) is 77.8 Å². The van der Waals surface area contributed by atoms with Crippen molar-refractivity contribution in [3.8, 4) is 0 Å². The lowest BCUT2D eigenvalue weighted by atomic mass is 10.0. The van der Waals surface area contributed by atoms with Gasteiger partial charge in [0.25, 0.3) is 0 Å². The maximum atomic E-state index is 14.1. The molecule has 7 nitrogen and oxygen atoms in total. The van der Waals surface area contributed by atoms with Gasteiger partial charge in [-0.2, -0.15) is 0 Å². The van der Waals surface area contributed by atoms with Crippen LogP contribution in [0, 0.1) is 13.8 Å². The molecule has 0 aliphatic carbocycles. The van der Waals surface area contributed by atoms with E-state index < -0.39 is 34.1 Å². The molecule has 3 rings (SSSR count). The van der Waals surface area contributed by atoms with Gasteiger partial charge in [0, 0.05) is 23.5 Å². The summed E-state index contributed by atoms with van der Waals surface area (Å²) >= 11 is 6.30. The molecule has 0 aliphatic rings. The van der Waals surface area contributed by atoms with E-state index >= 15 is 0 Å². The number of amides is 2. The van der Waals surface area contributed by atoms with Crippen molar-refractivity contribution in [2.45, 2.75) is 59.2 Å². The van der Waals surface area contributed by atoms with Crippen LogP contribution in [0.15, 0.2) is 72.8 Å². The zero-order valence-electron chi connectivity index (χ0n) is 23.9. The van der Waals surface area contributed by atoms with Crippen LogP contribution in [0.3, 0.4) is 0 Å². The molecule has 214 valence electrons. The zero-order chi connectivity index (χ0) is 29.7. The van der Waals surface area contributed by atoms with E-state index in [1.54, 1.807) is 12.1 Å². The summed E-state index contributed by atoms with van der Waals surface area (Å²) in [7, 11) is -3.86. The Hall–Kier alpha value is -3.36. The molecular formula is C31H38ClN3O4S. The molecule has 0 radical (unpaired) electrons. The van der Waals surface area contributed by atoms with E-state index in [1.807, 2.05) is 89.2 Å². The smallest absolute Gasteiger partial charge is 0.244 e. The highest BCUT2D eigenvalue weighted by Crippen LogP contribution is 2.26. The maximum absolute atomic E-state index is 14.1.